The largest absolute Gasteiger partial charge is 0.492 e. The van der Waals surface area contributed by atoms with E-state index in [1.54, 1.807) is 7.11 Å². The summed E-state index contributed by atoms with van der Waals surface area (Å²) in [6, 6.07) is 8.33. The molecule has 31 heavy (non-hydrogen) atoms. The summed E-state index contributed by atoms with van der Waals surface area (Å²) in [5.74, 6) is 1.79. The molecule has 0 aliphatic heterocycles. The topological polar surface area (TPSA) is 58.1 Å². The number of hydrogen-bond acceptors (Lipinski definition) is 4. The van der Waals surface area contributed by atoms with Crippen molar-refractivity contribution in [1.82, 2.24) is 15.5 Å². The fraction of sp³-hybridized carbons (Fsp3) is 0.708. The van der Waals surface area contributed by atoms with E-state index in [0.717, 1.165) is 64.1 Å². The molecule has 1 aliphatic rings. The Morgan fingerprint density at radius 1 is 1.06 bits per heavy atom. The lowest BCUT2D eigenvalue weighted by molar-refractivity contribution is 0.138. The molecule has 0 spiro atoms. The van der Waals surface area contributed by atoms with Crippen LogP contribution < -0.4 is 15.4 Å². The fourth-order valence-corrected chi connectivity index (χ4v) is 4.17. The van der Waals surface area contributed by atoms with E-state index in [1.807, 2.05) is 19.2 Å². The van der Waals surface area contributed by atoms with Crippen LogP contribution >= 0.6 is 24.0 Å². The van der Waals surface area contributed by atoms with Gasteiger partial charge < -0.3 is 25.0 Å². The summed E-state index contributed by atoms with van der Waals surface area (Å²) in [6.07, 6.45) is 6.30. The monoisotopic (exact) mass is 546 g/mol. The second-order valence-electron chi connectivity index (χ2n) is 8.25. The van der Waals surface area contributed by atoms with E-state index >= 15 is 0 Å². The number of nitrogens with zero attached hydrogens (tertiary/aromatic N) is 2. The maximum Gasteiger partial charge on any atom is 0.191 e. The summed E-state index contributed by atoms with van der Waals surface area (Å²) in [7, 11) is 3.62. The number of hydrogen-bond donors (Lipinski definition) is 2. The summed E-state index contributed by atoms with van der Waals surface area (Å²) >= 11 is 0. The summed E-state index contributed by atoms with van der Waals surface area (Å²) < 4.78 is 11.2. The minimum absolute atomic E-state index is 0. The van der Waals surface area contributed by atoms with Crippen LogP contribution in [0.3, 0.4) is 0 Å². The molecule has 1 saturated carbocycles. The van der Waals surface area contributed by atoms with Crippen LogP contribution in [0.2, 0.25) is 0 Å². The number of ether oxygens (including phenoxy) is 2. The van der Waals surface area contributed by atoms with E-state index in [0.29, 0.717) is 5.41 Å². The van der Waals surface area contributed by atoms with Gasteiger partial charge in [0.05, 0.1) is 0 Å². The number of halogens is 1. The normalized spacial score (nSPS) is 15.6. The van der Waals surface area contributed by atoms with Gasteiger partial charge in [0.2, 0.25) is 0 Å². The minimum atomic E-state index is 0. The molecule has 2 rings (SSSR count). The Bertz CT molecular complexity index is 615. The maximum absolute atomic E-state index is 5.87. The Balaban J connectivity index is 0.00000480. The molecule has 1 aromatic rings. The second kappa shape index (κ2) is 15.7. The molecule has 1 aromatic carbocycles. The predicted octanol–water partition coefficient (Wildman–Crippen LogP) is 4.29. The Hall–Kier alpha value is -1.06. The first-order valence-electron chi connectivity index (χ1n) is 11.5. The number of nitrogens with one attached hydrogen (secondary N) is 2. The SMILES string of the molecule is CCN(CC)CCOc1ccc(CNC(=NC)NCC2(CCOC)CCCC2)cc1.I. The van der Waals surface area contributed by atoms with Gasteiger partial charge in [-0.2, -0.15) is 0 Å². The van der Waals surface area contributed by atoms with Crippen molar-refractivity contribution in [2.75, 3.05) is 53.6 Å². The van der Waals surface area contributed by atoms with Gasteiger partial charge in [0.1, 0.15) is 12.4 Å². The summed E-state index contributed by atoms with van der Waals surface area (Å²) in [5.41, 5.74) is 1.56. The smallest absolute Gasteiger partial charge is 0.191 e. The first-order chi connectivity index (χ1) is 14.6. The zero-order chi connectivity index (χ0) is 21.7. The highest BCUT2D eigenvalue weighted by molar-refractivity contribution is 14.0. The zero-order valence-corrected chi connectivity index (χ0v) is 22.2. The van der Waals surface area contributed by atoms with Crippen LogP contribution in [-0.2, 0) is 11.3 Å². The quantitative estimate of drug-likeness (QED) is 0.220. The van der Waals surface area contributed by atoms with Gasteiger partial charge in [-0.25, -0.2) is 0 Å². The molecule has 2 N–H and O–H groups in total. The van der Waals surface area contributed by atoms with Crippen LogP contribution in [0.1, 0.15) is 51.5 Å². The second-order valence-corrected chi connectivity index (χ2v) is 8.25. The highest BCUT2D eigenvalue weighted by Crippen LogP contribution is 2.40. The molecular formula is C24H43IN4O2. The van der Waals surface area contributed by atoms with Crippen molar-refractivity contribution in [3.05, 3.63) is 29.8 Å². The van der Waals surface area contributed by atoms with Gasteiger partial charge in [0.25, 0.3) is 0 Å². The number of rotatable bonds is 13. The molecule has 0 heterocycles. The average Bonchev–Trinajstić information content (AvgIpc) is 3.25. The molecule has 1 aliphatic carbocycles. The lowest BCUT2D eigenvalue weighted by Crippen LogP contribution is -2.43. The number of guanidine groups is 1. The van der Waals surface area contributed by atoms with Gasteiger partial charge in [-0.3, -0.25) is 4.99 Å². The lowest BCUT2D eigenvalue weighted by Gasteiger charge is -2.30. The van der Waals surface area contributed by atoms with E-state index in [1.165, 1.54) is 31.2 Å². The van der Waals surface area contributed by atoms with Crippen molar-refractivity contribution < 1.29 is 9.47 Å². The first-order valence-corrected chi connectivity index (χ1v) is 11.5. The van der Waals surface area contributed by atoms with Gasteiger partial charge in [-0.05, 0) is 55.5 Å². The van der Waals surface area contributed by atoms with Crippen LogP contribution in [0.25, 0.3) is 0 Å². The van der Waals surface area contributed by atoms with Crippen LogP contribution in [0.4, 0.5) is 0 Å². The molecular weight excluding hydrogens is 503 g/mol. The zero-order valence-electron chi connectivity index (χ0n) is 19.9. The van der Waals surface area contributed by atoms with Crippen LogP contribution in [0.15, 0.2) is 29.3 Å². The molecule has 0 aromatic heterocycles. The Morgan fingerprint density at radius 3 is 2.32 bits per heavy atom. The van der Waals surface area contributed by atoms with Gasteiger partial charge in [0, 0.05) is 40.4 Å². The molecule has 0 saturated heterocycles. The summed E-state index contributed by atoms with van der Waals surface area (Å²) in [6.45, 7) is 10.7. The van der Waals surface area contributed by atoms with E-state index < -0.39 is 0 Å². The summed E-state index contributed by atoms with van der Waals surface area (Å²) in [4.78, 5) is 6.76. The lowest BCUT2D eigenvalue weighted by atomic mass is 9.83. The number of aliphatic imine (C=N–C) groups is 1. The molecule has 0 atom stereocenters. The van der Waals surface area contributed by atoms with Crippen LogP contribution in [0, 0.1) is 5.41 Å². The van der Waals surface area contributed by atoms with Crippen molar-refractivity contribution in [3.63, 3.8) is 0 Å². The van der Waals surface area contributed by atoms with Crippen molar-refractivity contribution >= 4 is 29.9 Å². The van der Waals surface area contributed by atoms with Crippen molar-refractivity contribution in [3.8, 4) is 5.75 Å². The molecule has 0 amide bonds. The van der Waals surface area contributed by atoms with Gasteiger partial charge in [0.15, 0.2) is 5.96 Å². The van der Waals surface area contributed by atoms with Crippen LogP contribution in [-0.4, -0.2) is 64.4 Å². The summed E-state index contributed by atoms with van der Waals surface area (Å²) in [5, 5.41) is 6.98. The number of benzene rings is 1. The molecule has 0 unspecified atom stereocenters. The highest BCUT2D eigenvalue weighted by atomic mass is 127. The first kappa shape index (κ1) is 28.0. The van der Waals surface area contributed by atoms with Crippen molar-refractivity contribution in [2.24, 2.45) is 10.4 Å². The number of methoxy groups -OCH3 is 1. The molecule has 0 bridgehead atoms. The molecule has 1 fully saturated rings. The third kappa shape index (κ3) is 9.95. The van der Waals surface area contributed by atoms with Gasteiger partial charge in [-0.1, -0.05) is 38.8 Å². The molecule has 6 nitrogen and oxygen atoms in total. The van der Waals surface area contributed by atoms with Gasteiger partial charge in [-0.15, -0.1) is 24.0 Å². The predicted molar refractivity (Wildman–Crippen MR) is 141 cm³/mol. The van der Waals surface area contributed by atoms with E-state index in [2.05, 4.69) is 46.5 Å². The third-order valence-electron chi connectivity index (χ3n) is 6.31. The standard InChI is InChI=1S/C24H42N4O2.HI/c1-5-28(6-2)16-18-30-22-11-9-21(10-12-22)19-26-23(25-3)27-20-24(15-17-29-4)13-7-8-14-24;/h9-12H,5-8,13-20H2,1-4H3,(H2,25,26,27);1H. The number of likely N-dealkylation sites (N-methyl/N-ethyl adjacent to an activating group) is 1. The molecule has 178 valence electrons. The molecule has 0 radical (unpaired) electrons. The average molecular weight is 547 g/mol. The van der Waals surface area contributed by atoms with Gasteiger partial charge >= 0.3 is 0 Å². The minimum Gasteiger partial charge on any atom is -0.492 e. The Labute approximate surface area is 206 Å². The fourth-order valence-electron chi connectivity index (χ4n) is 4.17. The van der Waals surface area contributed by atoms with Crippen molar-refractivity contribution in [1.29, 1.82) is 0 Å². The van der Waals surface area contributed by atoms with E-state index in [9.17, 15) is 0 Å². The highest BCUT2D eigenvalue weighted by Gasteiger charge is 2.33. The third-order valence-corrected chi connectivity index (χ3v) is 6.31. The van der Waals surface area contributed by atoms with Crippen LogP contribution in [0.5, 0.6) is 5.75 Å². The van der Waals surface area contributed by atoms with Crippen molar-refractivity contribution in [2.45, 2.75) is 52.5 Å². The Kier molecular flexibility index (Phi) is 14.2. The maximum atomic E-state index is 5.87. The van der Waals surface area contributed by atoms with E-state index in [-0.39, 0.29) is 24.0 Å². The molecule has 7 heteroatoms. The van der Waals surface area contributed by atoms with E-state index in [4.69, 9.17) is 9.47 Å². The Morgan fingerprint density at radius 2 is 1.74 bits per heavy atom.